The number of Topliss-reactive ketones (excluding diaryl/α,β-unsaturated/α-hetero) is 1. The standard InChI is InChI=1S/C52H60N4O2/c1-29(57)39-27-45-47(31-19-33(49(3,4)5)23-34(20-31)50(6,7)8)41-18-16-38(54-41)26-44-40(30(2)58)28-46(56-44)48(42-17-15-37(53-42)25-43(39)55-45)32-21-35(51(9,10)11)24-36(22-32)52(12,13)14/h15-29,53-54,57H,1-14H3. The van der Waals surface area contributed by atoms with Crippen LogP contribution in [0.4, 0.5) is 0 Å². The number of nitrogens with one attached hydrogen (secondary N) is 2. The fourth-order valence-corrected chi connectivity index (χ4v) is 7.72. The van der Waals surface area contributed by atoms with E-state index in [9.17, 15) is 9.90 Å². The molecule has 5 heterocycles. The monoisotopic (exact) mass is 772 g/mol. The number of aliphatic hydroxyl groups is 1. The lowest BCUT2D eigenvalue weighted by atomic mass is 9.78. The first kappa shape index (κ1) is 40.9. The predicted molar refractivity (Wildman–Crippen MR) is 245 cm³/mol. The highest BCUT2D eigenvalue weighted by Gasteiger charge is 2.27. The molecule has 0 saturated heterocycles. The second-order valence-electron chi connectivity index (χ2n) is 20.4. The number of rotatable bonds is 4. The summed E-state index contributed by atoms with van der Waals surface area (Å²) in [5.41, 5.74) is 15.9. The average Bonchev–Trinajstić information content (AvgIpc) is 3.92. The van der Waals surface area contributed by atoms with E-state index in [4.69, 9.17) is 9.97 Å². The first-order chi connectivity index (χ1) is 26.9. The highest BCUT2D eigenvalue weighted by atomic mass is 16.3. The van der Waals surface area contributed by atoms with Crippen LogP contribution in [0.2, 0.25) is 0 Å². The smallest absolute Gasteiger partial charge is 0.162 e. The van der Waals surface area contributed by atoms with Crippen molar-refractivity contribution >= 4 is 51.1 Å². The van der Waals surface area contributed by atoms with Gasteiger partial charge in [0.2, 0.25) is 0 Å². The zero-order valence-electron chi connectivity index (χ0n) is 36.9. The first-order valence-electron chi connectivity index (χ1n) is 20.6. The Kier molecular flexibility index (Phi) is 10.00. The molecule has 6 nitrogen and oxygen atoms in total. The van der Waals surface area contributed by atoms with Crippen molar-refractivity contribution in [3.63, 3.8) is 0 Å². The molecule has 0 amide bonds. The van der Waals surface area contributed by atoms with Gasteiger partial charge in [0.25, 0.3) is 0 Å². The Morgan fingerprint density at radius 1 is 0.552 bits per heavy atom. The average molecular weight is 773 g/mol. The molecular weight excluding hydrogens is 713 g/mol. The third-order valence-corrected chi connectivity index (χ3v) is 11.4. The van der Waals surface area contributed by atoms with Gasteiger partial charge in [-0.05, 0) is 117 Å². The van der Waals surface area contributed by atoms with Gasteiger partial charge in [0.05, 0.1) is 28.9 Å². The van der Waals surface area contributed by atoms with Crippen LogP contribution >= 0.6 is 0 Å². The van der Waals surface area contributed by atoms with Gasteiger partial charge in [0.15, 0.2) is 5.78 Å². The molecule has 2 aliphatic rings. The van der Waals surface area contributed by atoms with Gasteiger partial charge in [-0.3, -0.25) is 4.79 Å². The molecule has 3 N–H and O–H groups in total. The van der Waals surface area contributed by atoms with Crippen molar-refractivity contribution in [2.75, 3.05) is 0 Å². The fraction of sp³-hybridized carbons (Fsp3) is 0.365. The zero-order valence-corrected chi connectivity index (χ0v) is 36.9. The van der Waals surface area contributed by atoms with Gasteiger partial charge in [0.1, 0.15) is 0 Å². The Bertz CT molecular complexity index is 2640. The Labute approximate surface area is 344 Å². The van der Waals surface area contributed by atoms with Crippen LogP contribution in [0.1, 0.15) is 142 Å². The van der Waals surface area contributed by atoms with Crippen LogP contribution < -0.4 is 0 Å². The molecule has 3 aromatic heterocycles. The van der Waals surface area contributed by atoms with Gasteiger partial charge >= 0.3 is 0 Å². The molecule has 5 aromatic rings. The van der Waals surface area contributed by atoms with Crippen molar-refractivity contribution in [2.24, 2.45) is 0 Å². The predicted octanol–water partition coefficient (Wildman–Crippen LogP) is 12.9. The normalized spacial score (nSPS) is 14.3. The second-order valence-corrected chi connectivity index (χ2v) is 20.4. The lowest BCUT2D eigenvalue weighted by Crippen LogP contribution is -2.16. The maximum atomic E-state index is 13.4. The number of carbonyl (C=O) groups excluding carboxylic acids is 1. The summed E-state index contributed by atoms with van der Waals surface area (Å²) in [6, 6.07) is 26.0. The van der Waals surface area contributed by atoms with Gasteiger partial charge in [-0.1, -0.05) is 119 Å². The van der Waals surface area contributed by atoms with Crippen LogP contribution in [0, 0.1) is 0 Å². The van der Waals surface area contributed by atoms with Crippen LogP contribution in [0.15, 0.2) is 72.8 Å². The van der Waals surface area contributed by atoms with Crippen molar-refractivity contribution in [2.45, 2.75) is 125 Å². The van der Waals surface area contributed by atoms with E-state index in [-0.39, 0.29) is 27.4 Å². The van der Waals surface area contributed by atoms with Crippen molar-refractivity contribution in [3.8, 4) is 22.3 Å². The van der Waals surface area contributed by atoms with E-state index in [1.807, 2.05) is 30.4 Å². The SMILES string of the molecule is CC(=O)C1=Cc2nc1cc1ccc([nH]1)c(-c1cc(C(C)(C)C)cc(C(C)(C)C)c1)c1nc(cc3ccc([nH]3)c2-c2cc(C(C)(C)C)cc(C(C)(C)C)c2)C(C(C)O)=C1. The molecular formula is C52H60N4O2. The number of allylic oxidation sites excluding steroid dienone is 1. The summed E-state index contributed by atoms with van der Waals surface area (Å²) >= 11 is 0. The number of hydrogen-bond acceptors (Lipinski definition) is 4. The molecule has 300 valence electrons. The number of H-pyrrole nitrogens is 2. The van der Waals surface area contributed by atoms with Gasteiger partial charge in [-0.15, -0.1) is 0 Å². The summed E-state index contributed by atoms with van der Waals surface area (Å²) < 4.78 is 0. The third kappa shape index (κ3) is 8.04. The molecule has 0 radical (unpaired) electrons. The maximum Gasteiger partial charge on any atom is 0.162 e. The quantitative estimate of drug-likeness (QED) is 0.170. The number of hydrogen-bond donors (Lipinski definition) is 3. The van der Waals surface area contributed by atoms with Crippen LogP contribution in [0.5, 0.6) is 0 Å². The Hall–Kier alpha value is -5.33. The molecule has 0 fully saturated rings. The lowest BCUT2D eigenvalue weighted by Gasteiger charge is -2.26. The molecule has 1 unspecified atom stereocenters. The fourth-order valence-electron chi connectivity index (χ4n) is 7.72. The van der Waals surface area contributed by atoms with Crippen LogP contribution in [0.3, 0.4) is 0 Å². The third-order valence-electron chi connectivity index (χ3n) is 11.4. The van der Waals surface area contributed by atoms with Gasteiger partial charge in [-0.2, -0.15) is 0 Å². The zero-order chi connectivity index (χ0) is 42.3. The molecule has 58 heavy (non-hydrogen) atoms. The lowest BCUT2D eigenvalue weighted by molar-refractivity contribution is -0.111. The number of carbonyl (C=O) groups is 1. The van der Waals surface area contributed by atoms with Crippen LogP contribution in [-0.2, 0) is 26.5 Å². The van der Waals surface area contributed by atoms with Crippen molar-refractivity contribution in [1.29, 1.82) is 0 Å². The van der Waals surface area contributed by atoms with Crippen molar-refractivity contribution in [1.82, 2.24) is 19.9 Å². The largest absolute Gasteiger partial charge is 0.389 e. The highest BCUT2D eigenvalue weighted by molar-refractivity contribution is 6.25. The number of aliphatic hydroxyl groups excluding tert-OH is 1. The van der Waals surface area contributed by atoms with Crippen LogP contribution in [-0.4, -0.2) is 36.9 Å². The van der Waals surface area contributed by atoms with E-state index < -0.39 is 6.10 Å². The second kappa shape index (κ2) is 14.2. The highest BCUT2D eigenvalue weighted by Crippen LogP contribution is 2.41. The van der Waals surface area contributed by atoms with Crippen molar-refractivity contribution in [3.05, 3.63) is 118 Å². The van der Waals surface area contributed by atoms with E-state index in [1.165, 1.54) is 22.3 Å². The van der Waals surface area contributed by atoms with E-state index in [1.54, 1.807) is 13.8 Å². The van der Waals surface area contributed by atoms with Gasteiger partial charge < -0.3 is 15.1 Å². The molecule has 1 atom stereocenters. The molecule has 0 aliphatic carbocycles. The van der Waals surface area contributed by atoms with E-state index >= 15 is 0 Å². The minimum Gasteiger partial charge on any atom is -0.389 e. The minimum atomic E-state index is -0.751. The topological polar surface area (TPSA) is 94.7 Å². The number of nitrogens with zero attached hydrogens (tertiary/aromatic N) is 2. The summed E-state index contributed by atoms with van der Waals surface area (Å²) in [6.45, 7) is 30.3. The van der Waals surface area contributed by atoms with E-state index in [2.05, 4.69) is 148 Å². The van der Waals surface area contributed by atoms with Gasteiger partial charge in [-0.25, -0.2) is 9.97 Å². The number of aromatic amines is 2. The molecule has 2 aliphatic heterocycles. The maximum absolute atomic E-state index is 13.4. The summed E-state index contributed by atoms with van der Waals surface area (Å²) in [6.07, 6.45) is 3.22. The molecule has 0 spiro atoms. The number of fused-ring (bicyclic) bond motifs is 8. The number of aromatic nitrogens is 4. The van der Waals surface area contributed by atoms with E-state index in [0.29, 0.717) is 22.7 Å². The Morgan fingerprint density at radius 3 is 1.31 bits per heavy atom. The minimum absolute atomic E-state index is 0.0480. The van der Waals surface area contributed by atoms with Gasteiger partial charge in [0, 0.05) is 44.3 Å². The molecule has 8 bridgehead atoms. The molecule has 0 saturated carbocycles. The van der Waals surface area contributed by atoms with Crippen LogP contribution in [0.25, 0.3) is 67.6 Å². The molecule has 6 heteroatoms. The van der Waals surface area contributed by atoms with E-state index in [0.717, 1.165) is 55.6 Å². The number of benzene rings is 2. The Morgan fingerprint density at radius 2 is 0.931 bits per heavy atom. The number of ketones is 1. The summed E-state index contributed by atoms with van der Waals surface area (Å²) in [5, 5.41) is 11.2. The van der Waals surface area contributed by atoms with Crippen molar-refractivity contribution < 1.29 is 9.90 Å². The Balaban J connectivity index is 1.64. The summed E-state index contributed by atoms with van der Waals surface area (Å²) in [4.78, 5) is 31.4. The molecule has 2 aromatic carbocycles. The molecule has 7 rings (SSSR count). The summed E-state index contributed by atoms with van der Waals surface area (Å²) in [5.74, 6) is -0.0480. The first-order valence-corrected chi connectivity index (χ1v) is 20.6. The summed E-state index contributed by atoms with van der Waals surface area (Å²) in [7, 11) is 0.